The van der Waals surface area contributed by atoms with Crippen LogP contribution >= 0.6 is 11.6 Å². The zero-order valence-corrected chi connectivity index (χ0v) is 9.62. The molecule has 1 atom stereocenters. The molecular weight excluding hydrogens is 216 g/mol. The molecular formula is C10H15ClN2O2. The Hall–Kier alpha value is -0.840. The average Bonchev–Trinajstić information content (AvgIpc) is 2.24. The van der Waals surface area contributed by atoms with Crippen molar-refractivity contribution in [1.82, 2.24) is 4.98 Å². The molecule has 1 aromatic heterocycles. The van der Waals surface area contributed by atoms with E-state index < -0.39 is 0 Å². The Kier molecular flexibility index (Phi) is 5.39. The summed E-state index contributed by atoms with van der Waals surface area (Å²) in [5.41, 5.74) is 0. The van der Waals surface area contributed by atoms with Crippen LogP contribution in [0.1, 0.15) is 0 Å². The van der Waals surface area contributed by atoms with Crippen LogP contribution in [0, 0.1) is 0 Å². The van der Waals surface area contributed by atoms with E-state index in [2.05, 4.69) is 10.3 Å². The third kappa shape index (κ3) is 4.46. The second-order valence-corrected chi connectivity index (χ2v) is 3.43. The van der Waals surface area contributed by atoms with Crippen LogP contribution in [0.4, 0.5) is 5.82 Å². The van der Waals surface area contributed by atoms with Crippen molar-refractivity contribution in [3.63, 3.8) is 0 Å². The van der Waals surface area contributed by atoms with Crippen molar-refractivity contribution >= 4 is 17.4 Å². The highest BCUT2D eigenvalue weighted by Crippen LogP contribution is 2.09. The molecule has 15 heavy (non-hydrogen) atoms. The van der Waals surface area contributed by atoms with Crippen molar-refractivity contribution in [1.29, 1.82) is 0 Å². The van der Waals surface area contributed by atoms with Gasteiger partial charge in [0.2, 0.25) is 0 Å². The minimum absolute atomic E-state index is 0.00998. The van der Waals surface area contributed by atoms with E-state index in [-0.39, 0.29) is 6.10 Å². The summed E-state index contributed by atoms with van der Waals surface area (Å²) in [5.74, 6) is 0.737. The Morgan fingerprint density at radius 1 is 1.47 bits per heavy atom. The number of ether oxygens (including phenoxy) is 2. The number of hydrogen-bond donors (Lipinski definition) is 1. The van der Waals surface area contributed by atoms with E-state index in [1.54, 1.807) is 20.3 Å². The SMILES string of the molecule is COCC(CNc1cccc(Cl)n1)OC. The van der Waals surface area contributed by atoms with Gasteiger partial charge in [-0.1, -0.05) is 17.7 Å². The predicted molar refractivity (Wildman–Crippen MR) is 60.4 cm³/mol. The summed E-state index contributed by atoms with van der Waals surface area (Å²) in [6, 6.07) is 5.43. The normalized spacial score (nSPS) is 12.5. The van der Waals surface area contributed by atoms with Gasteiger partial charge in [-0.2, -0.15) is 0 Å². The summed E-state index contributed by atoms with van der Waals surface area (Å²) in [6.45, 7) is 1.18. The zero-order chi connectivity index (χ0) is 11.1. The van der Waals surface area contributed by atoms with Crippen LogP contribution < -0.4 is 5.32 Å². The van der Waals surface area contributed by atoms with E-state index >= 15 is 0 Å². The summed E-state index contributed by atoms with van der Waals surface area (Å²) in [4.78, 5) is 4.10. The molecule has 1 rings (SSSR count). The van der Waals surface area contributed by atoms with Gasteiger partial charge in [0.15, 0.2) is 0 Å². The van der Waals surface area contributed by atoms with Gasteiger partial charge in [-0.05, 0) is 12.1 Å². The lowest BCUT2D eigenvalue weighted by Gasteiger charge is -2.15. The number of aromatic nitrogens is 1. The number of nitrogens with zero attached hydrogens (tertiary/aromatic N) is 1. The van der Waals surface area contributed by atoms with E-state index in [0.717, 1.165) is 5.82 Å². The maximum Gasteiger partial charge on any atom is 0.131 e. The molecule has 0 bridgehead atoms. The minimum Gasteiger partial charge on any atom is -0.382 e. The molecule has 0 saturated heterocycles. The number of nitrogens with one attached hydrogen (secondary N) is 1. The smallest absolute Gasteiger partial charge is 0.131 e. The summed E-state index contributed by atoms with van der Waals surface area (Å²) >= 11 is 5.75. The number of rotatable bonds is 6. The fraction of sp³-hybridized carbons (Fsp3) is 0.500. The van der Waals surface area contributed by atoms with E-state index in [1.165, 1.54) is 0 Å². The molecule has 0 saturated carbocycles. The monoisotopic (exact) mass is 230 g/mol. The molecule has 4 nitrogen and oxygen atoms in total. The topological polar surface area (TPSA) is 43.4 Å². The first-order chi connectivity index (χ1) is 7.26. The average molecular weight is 231 g/mol. The van der Waals surface area contributed by atoms with E-state index in [9.17, 15) is 0 Å². The van der Waals surface area contributed by atoms with Crippen LogP contribution in [0.25, 0.3) is 0 Å². The maximum absolute atomic E-state index is 5.75. The summed E-state index contributed by atoms with van der Waals surface area (Å²) in [7, 11) is 3.29. The third-order valence-electron chi connectivity index (χ3n) is 1.91. The zero-order valence-electron chi connectivity index (χ0n) is 8.87. The maximum atomic E-state index is 5.75. The summed E-state index contributed by atoms with van der Waals surface area (Å²) in [5, 5.41) is 3.59. The van der Waals surface area contributed by atoms with E-state index in [0.29, 0.717) is 18.3 Å². The highest BCUT2D eigenvalue weighted by atomic mass is 35.5. The molecule has 1 unspecified atom stereocenters. The lowest BCUT2D eigenvalue weighted by Crippen LogP contribution is -2.26. The van der Waals surface area contributed by atoms with Crippen molar-refractivity contribution in [2.24, 2.45) is 0 Å². The van der Waals surface area contributed by atoms with Crippen LogP contribution in [0.2, 0.25) is 5.15 Å². The van der Waals surface area contributed by atoms with Gasteiger partial charge in [0, 0.05) is 20.8 Å². The largest absolute Gasteiger partial charge is 0.382 e. The third-order valence-corrected chi connectivity index (χ3v) is 2.12. The van der Waals surface area contributed by atoms with Crippen LogP contribution in [-0.4, -0.2) is 38.5 Å². The van der Waals surface area contributed by atoms with Gasteiger partial charge in [-0.3, -0.25) is 0 Å². The number of anilines is 1. The summed E-state index contributed by atoms with van der Waals surface area (Å²) < 4.78 is 10.2. The highest BCUT2D eigenvalue weighted by Gasteiger charge is 2.06. The lowest BCUT2D eigenvalue weighted by molar-refractivity contribution is 0.0365. The first kappa shape index (κ1) is 12.2. The van der Waals surface area contributed by atoms with Crippen molar-refractivity contribution in [2.45, 2.75) is 6.10 Å². The molecule has 1 heterocycles. The highest BCUT2D eigenvalue weighted by molar-refractivity contribution is 6.29. The fourth-order valence-corrected chi connectivity index (χ4v) is 1.29. The molecule has 1 aromatic rings. The Morgan fingerprint density at radius 3 is 2.87 bits per heavy atom. The van der Waals surface area contributed by atoms with Crippen LogP contribution in [-0.2, 0) is 9.47 Å². The molecule has 0 aliphatic heterocycles. The summed E-state index contributed by atoms with van der Waals surface area (Å²) in [6.07, 6.45) is 0.00998. The fourth-order valence-electron chi connectivity index (χ4n) is 1.12. The first-order valence-corrected chi connectivity index (χ1v) is 5.02. The molecule has 0 aliphatic rings. The quantitative estimate of drug-likeness (QED) is 0.757. The number of pyridine rings is 1. The molecule has 0 spiro atoms. The van der Waals surface area contributed by atoms with Gasteiger partial charge in [0.1, 0.15) is 11.0 Å². The van der Waals surface area contributed by atoms with Gasteiger partial charge in [0.05, 0.1) is 12.7 Å². The number of methoxy groups -OCH3 is 2. The molecule has 84 valence electrons. The minimum atomic E-state index is 0.00998. The molecule has 0 aliphatic carbocycles. The Morgan fingerprint density at radius 2 is 2.27 bits per heavy atom. The van der Waals surface area contributed by atoms with Crippen LogP contribution in [0.3, 0.4) is 0 Å². The Bertz CT molecular complexity index is 297. The van der Waals surface area contributed by atoms with Crippen molar-refractivity contribution in [3.8, 4) is 0 Å². The van der Waals surface area contributed by atoms with Gasteiger partial charge in [-0.25, -0.2) is 4.98 Å². The van der Waals surface area contributed by atoms with Gasteiger partial charge < -0.3 is 14.8 Å². The molecule has 0 amide bonds. The van der Waals surface area contributed by atoms with Gasteiger partial charge >= 0.3 is 0 Å². The Labute approximate surface area is 94.6 Å². The Balaban J connectivity index is 2.41. The van der Waals surface area contributed by atoms with E-state index in [4.69, 9.17) is 21.1 Å². The lowest BCUT2D eigenvalue weighted by atomic mass is 10.3. The molecule has 0 aromatic carbocycles. The second kappa shape index (κ2) is 6.61. The molecule has 5 heteroatoms. The predicted octanol–water partition coefficient (Wildman–Crippen LogP) is 1.81. The van der Waals surface area contributed by atoms with Crippen LogP contribution in [0.5, 0.6) is 0 Å². The molecule has 0 radical (unpaired) electrons. The molecule has 0 fully saturated rings. The van der Waals surface area contributed by atoms with Gasteiger partial charge in [0.25, 0.3) is 0 Å². The van der Waals surface area contributed by atoms with Crippen LogP contribution in [0.15, 0.2) is 18.2 Å². The standard InChI is InChI=1S/C10H15ClN2O2/c1-14-7-8(15-2)6-12-10-5-3-4-9(11)13-10/h3-5,8H,6-7H2,1-2H3,(H,12,13). The van der Waals surface area contributed by atoms with Crippen molar-refractivity contribution in [2.75, 3.05) is 32.7 Å². The first-order valence-electron chi connectivity index (χ1n) is 4.64. The van der Waals surface area contributed by atoms with Gasteiger partial charge in [-0.15, -0.1) is 0 Å². The van der Waals surface area contributed by atoms with E-state index in [1.807, 2.05) is 12.1 Å². The molecule has 1 N–H and O–H groups in total. The number of halogens is 1. The van der Waals surface area contributed by atoms with Crippen molar-refractivity contribution < 1.29 is 9.47 Å². The number of hydrogen-bond acceptors (Lipinski definition) is 4. The van der Waals surface area contributed by atoms with Crippen molar-refractivity contribution in [3.05, 3.63) is 23.4 Å². The second-order valence-electron chi connectivity index (χ2n) is 3.04.